The summed E-state index contributed by atoms with van der Waals surface area (Å²) in [5.41, 5.74) is 3.95. The van der Waals surface area contributed by atoms with Gasteiger partial charge in [-0.25, -0.2) is 4.39 Å². The highest BCUT2D eigenvalue weighted by Gasteiger charge is 2.08. The molecule has 0 unspecified atom stereocenters. The van der Waals surface area contributed by atoms with Crippen molar-refractivity contribution in [2.45, 2.75) is 6.92 Å². The summed E-state index contributed by atoms with van der Waals surface area (Å²) in [4.78, 5) is 0. The van der Waals surface area contributed by atoms with Crippen molar-refractivity contribution in [3.05, 3.63) is 77.2 Å². The van der Waals surface area contributed by atoms with E-state index in [0.717, 1.165) is 0 Å². The molecule has 1 N–H and O–H groups in total. The molecule has 1 aromatic heterocycles. The van der Waals surface area contributed by atoms with E-state index in [9.17, 15) is 4.39 Å². The summed E-state index contributed by atoms with van der Waals surface area (Å²) in [6, 6.07) is 16.9. The minimum atomic E-state index is -0.470. The SMILES string of the molecule is CC(=NNc1ccc(Cl)nn1)c1ccc(Oc2ccccc2)c(F)c1. The van der Waals surface area contributed by atoms with Gasteiger partial charge in [-0.1, -0.05) is 29.8 Å². The maximum Gasteiger partial charge on any atom is 0.168 e. The van der Waals surface area contributed by atoms with E-state index in [1.165, 1.54) is 6.07 Å². The molecule has 7 heteroatoms. The van der Waals surface area contributed by atoms with Gasteiger partial charge in [0.15, 0.2) is 22.5 Å². The van der Waals surface area contributed by atoms with E-state index in [1.54, 1.807) is 43.3 Å². The summed E-state index contributed by atoms with van der Waals surface area (Å²) >= 11 is 5.67. The highest BCUT2D eigenvalue weighted by Crippen LogP contribution is 2.25. The second kappa shape index (κ2) is 7.72. The lowest BCUT2D eigenvalue weighted by Crippen LogP contribution is -2.02. The van der Waals surface area contributed by atoms with Gasteiger partial charge in [-0.3, -0.25) is 5.43 Å². The predicted molar refractivity (Wildman–Crippen MR) is 95.8 cm³/mol. The first-order valence-electron chi connectivity index (χ1n) is 7.44. The van der Waals surface area contributed by atoms with Crippen molar-refractivity contribution in [1.82, 2.24) is 10.2 Å². The van der Waals surface area contributed by atoms with Crippen molar-refractivity contribution < 1.29 is 9.13 Å². The highest BCUT2D eigenvalue weighted by atomic mass is 35.5. The molecule has 0 spiro atoms. The van der Waals surface area contributed by atoms with Gasteiger partial charge in [0.2, 0.25) is 0 Å². The van der Waals surface area contributed by atoms with E-state index < -0.39 is 5.82 Å². The number of nitrogens with zero attached hydrogens (tertiary/aromatic N) is 3. The molecule has 0 aliphatic heterocycles. The van der Waals surface area contributed by atoms with Gasteiger partial charge in [-0.05, 0) is 49.4 Å². The molecular formula is C18H14ClFN4O. The van der Waals surface area contributed by atoms with Gasteiger partial charge in [-0.15, -0.1) is 10.2 Å². The third kappa shape index (κ3) is 4.51. The van der Waals surface area contributed by atoms with E-state index in [2.05, 4.69) is 20.7 Å². The molecule has 3 rings (SSSR count). The van der Waals surface area contributed by atoms with Gasteiger partial charge >= 0.3 is 0 Å². The third-order valence-corrected chi connectivity index (χ3v) is 3.49. The van der Waals surface area contributed by atoms with Crippen LogP contribution in [0.2, 0.25) is 5.15 Å². The number of para-hydroxylation sites is 1. The second-order valence-corrected chi connectivity index (χ2v) is 5.50. The van der Waals surface area contributed by atoms with Crippen LogP contribution in [-0.4, -0.2) is 15.9 Å². The number of benzene rings is 2. The van der Waals surface area contributed by atoms with Crippen LogP contribution in [0, 0.1) is 5.82 Å². The van der Waals surface area contributed by atoms with Gasteiger partial charge < -0.3 is 4.74 Å². The van der Waals surface area contributed by atoms with Gasteiger partial charge in [0.05, 0.1) is 5.71 Å². The Morgan fingerprint density at radius 3 is 2.56 bits per heavy atom. The molecule has 25 heavy (non-hydrogen) atoms. The van der Waals surface area contributed by atoms with E-state index in [0.29, 0.717) is 28.0 Å². The van der Waals surface area contributed by atoms with Crippen molar-refractivity contribution in [2.24, 2.45) is 5.10 Å². The number of ether oxygens (including phenoxy) is 1. The standard InChI is InChI=1S/C18H14ClFN4O/c1-12(21-23-18-10-9-17(19)22-24-18)13-7-8-16(15(20)11-13)25-14-5-3-2-4-6-14/h2-11H,1H3,(H,23,24). The monoisotopic (exact) mass is 356 g/mol. The molecule has 3 aromatic rings. The zero-order chi connectivity index (χ0) is 17.6. The van der Waals surface area contributed by atoms with Crippen molar-refractivity contribution in [1.29, 1.82) is 0 Å². The van der Waals surface area contributed by atoms with Gasteiger partial charge in [-0.2, -0.15) is 5.10 Å². The molecule has 0 saturated carbocycles. The first kappa shape index (κ1) is 16.9. The number of aromatic nitrogens is 2. The first-order valence-corrected chi connectivity index (χ1v) is 7.82. The molecule has 2 aromatic carbocycles. The maximum atomic E-state index is 14.3. The van der Waals surface area contributed by atoms with Crippen LogP contribution in [0.5, 0.6) is 11.5 Å². The van der Waals surface area contributed by atoms with Crippen LogP contribution in [0.3, 0.4) is 0 Å². The van der Waals surface area contributed by atoms with E-state index in [4.69, 9.17) is 16.3 Å². The topological polar surface area (TPSA) is 59.4 Å². The molecule has 5 nitrogen and oxygen atoms in total. The Balaban J connectivity index is 1.72. The fourth-order valence-corrected chi connectivity index (χ4v) is 2.11. The number of rotatable bonds is 5. The largest absolute Gasteiger partial charge is 0.454 e. The Morgan fingerprint density at radius 2 is 1.88 bits per heavy atom. The van der Waals surface area contributed by atoms with Crippen LogP contribution >= 0.6 is 11.6 Å². The molecule has 0 radical (unpaired) electrons. The number of hydrogen-bond acceptors (Lipinski definition) is 5. The van der Waals surface area contributed by atoms with Gasteiger partial charge in [0, 0.05) is 5.56 Å². The Bertz CT molecular complexity index is 885. The maximum absolute atomic E-state index is 14.3. The number of anilines is 1. The van der Waals surface area contributed by atoms with Crippen molar-refractivity contribution in [3.8, 4) is 11.5 Å². The second-order valence-electron chi connectivity index (χ2n) is 5.11. The molecule has 0 amide bonds. The summed E-state index contributed by atoms with van der Waals surface area (Å²) in [6.45, 7) is 1.75. The minimum absolute atomic E-state index is 0.152. The molecule has 0 atom stereocenters. The molecular weight excluding hydrogens is 343 g/mol. The summed E-state index contributed by atoms with van der Waals surface area (Å²) < 4.78 is 19.8. The number of halogens is 2. The van der Waals surface area contributed by atoms with Crippen molar-refractivity contribution >= 4 is 23.1 Å². The number of hydrogen-bond donors (Lipinski definition) is 1. The number of nitrogens with one attached hydrogen (secondary N) is 1. The summed E-state index contributed by atoms with van der Waals surface area (Å²) in [6.07, 6.45) is 0. The zero-order valence-electron chi connectivity index (χ0n) is 13.3. The fraction of sp³-hybridized carbons (Fsp3) is 0.0556. The lowest BCUT2D eigenvalue weighted by atomic mass is 10.1. The smallest absolute Gasteiger partial charge is 0.168 e. The van der Waals surface area contributed by atoms with E-state index >= 15 is 0 Å². The molecule has 126 valence electrons. The lowest BCUT2D eigenvalue weighted by Gasteiger charge is -2.08. The average molecular weight is 357 g/mol. The average Bonchev–Trinajstić information content (AvgIpc) is 2.63. The van der Waals surface area contributed by atoms with Crippen LogP contribution in [-0.2, 0) is 0 Å². The molecule has 0 bridgehead atoms. The minimum Gasteiger partial charge on any atom is -0.454 e. The highest BCUT2D eigenvalue weighted by molar-refractivity contribution is 6.29. The van der Waals surface area contributed by atoms with Gasteiger partial charge in [0.1, 0.15) is 5.75 Å². The van der Waals surface area contributed by atoms with Crippen LogP contribution < -0.4 is 10.2 Å². The normalized spacial score (nSPS) is 11.2. The van der Waals surface area contributed by atoms with Crippen LogP contribution in [0.25, 0.3) is 0 Å². The quantitative estimate of drug-likeness (QED) is 0.522. The summed E-state index contributed by atoms with van der Waals surface area (Å²) in [5, 5.41) is 12.0. The first-order chi connectivity index (χ1) is 12.1. The van der Waals surface area contributed by atoms with Crippen molar-refractivity contribution in [2.75, 3.05) is 5.43 Å². The van der Waals surface area contributed by atoms with Crippen LogP contribution in [0.15, 0.2) is 65.8 Å². The molecule has 0 aliphatic carbocycles. The van der Waals surface area contributed by atoms with Crippen LogP contribution in [0.4, 0.5) is 10.2 Å². The van der Waals surface area contributed by atoms with Crippen LogP contribution in [0.1, 0.15) is 12.5 Å². The third-order valence-electron chi connectivity index (χ3n) is 3.29. The molecule has 0 fully saturated rings. The zero-order valence-corrected chi connectivity index (χ0v) is 14.0. The van der Waals surface area contributed by atoms with E-state index in [1.807, 2.05) is 18.2 Å². The van der Waals surface area contributed by atoms with Crippen molar-refractivity contribution in [3.63, 3.8) is 0 Å². The van der Waals surface area contributed by atoms with Gasteiger partial charge in [0.25, 0.3) is 0 Å². The summed E-state index contributed by atoms with van der Waals surface area (Å²) in [7, 11) is 0. The molecule has 0 saturated heterocycles. The Hall–Kier alpha value is -2.99. The fourth-order valence-electron chi connectivity index (χ4n) is 2.01. The number of hydrazone groups is 1. The Labute approximate surface area is 149 Å². The lowest BCUT2D eigenvalue weighted by molar-refractivity contribution is 0.442. The summed E-state index contributed by atoms with van der Waals surface area (Å²) in [5.74, 6) is 0.692. The Kier molecular flexibility index (Phi) is 5.20. The molecule has 0 aliphatic rings. The Morgan fingerprint density at radius 1 is 1.08 bits per heavy atom. The van der Waals surface area contributed by atoms with E-state index in [-0.39, 0.29) is 5.75 Å². The molecule has 1 heterocycles. The predicted octanol–water partition coefficient (Wildman–Crippen LogP) is 4.90.